The average Bonchev–Trinajstić information content (AvgIpc) is 2.43. The molecule has 0 saturated carbocycles. The Bertz CT molecular complexity index is 466. The van der Waals surface area contributed by atoms with Crippen molar-refractivity contribution in [3.63, 3.8) is 0 Å². The van der Waals surface area contributed by atoms with Gasteiger partial charge in [0.15, 0.2) is 0 Å². The van der Waals surface area contributed by atoms with Crippen molar-refractivity contribution in [3.8, 4) is 0 Å². The quantitative estimate of drug-likeness (QED) is 0.824. The van der Waals surface area contributed by atoms with Crippen LogP contribution >= 0.6 is 12.4 Å². The molecule has 0 spiro atoms. The number of benzene rings is 1. The van der Waals surface area contributed by atoms with Gasteiger partial charge >= 0.3 is 0 Å². The van der Waals surface area contributed by atoms with Gasteiger partial charge in [0.1, 0.15) is 5.82 Å². The molecule has 2 amide bonds. The third kappa shape index (κ3) is 6.55. The molecule has 118 valence electrons. The molecule has 0 unspecified atom stereocenters. The monoisotopic (exact) mass is 317 g/mol. The molecule has 1 aromatic carbocycles. The highest BCUT2D eigenvalue weighted by molar-refractivity contribution is 5.87. The number of carbonyl (C=O) groups is 2. The number of hydrogen-bond donors (Lipinski definition) is 2. The summed E-state index contributed by atoms with van der Waals surface area (Å²) in [7, 11) is 0. The topological polar surface area (TPSA) is 75.4 Å². The van der Waals surface area contributed by atoms with Crippen molar-refractivity contribution < 1.29 is 14.0 Å². The van der Waals surface area contributed by atoms with Gasteiger partial charge in [0.25, 0.3) is 0 Å². The van der Waals surface area contributed by atoms with E-state index >= 15 is 0 Å². The molecule has 0 aromatic heterocycles. The summed E-state index contributed by atoms with van der Waals surface area (Å²) in [4.78, 5) is 24.9. The minimum Gasteiger partial charge on any atom is -0.350 e. The highest BCUT2D eigenvalue weighted by Crippen LogP contribution is 2.02. The highest BCUT2D eigenvalue weighted by atomic mass is 35.5. The third-order valence-corrected chi connectivity index (χ3v) is 2.82. The van der Waals surface area contributed by atoms with Crippen molar-refractivity contribution >= 4 is 24.2 Å². The Balaban J connectivity index is 0.00000400. The van der Waals surface area contributed by atoms with Crippen molar-refractivity contribution in [2.75, 3.05) is 13.1 Å². The van der Waals surface area contributed by atoms with Crippen LogP contribution in [-0.2, 0) is 16.1 Å². The van der Waals surface area contributed by atoms with E-state index < -0.39 is 6.04 Å². The number of carbonyl (C=O) groups excluding carboxylic acids is 2. The highest BCUT2D eigenvalue weighted by Gasteiger charge is 2.18. The number of hydrogen-bond acceptors (Lipinski definition) is 3. The minimum absolute atomic E-state index is 0. The van der Waals surface area contributed by atoms with Crippen LogP contribution in [0.4, 0.5) is 4.39 Å². The van der Waals surface area contributed by atoms with Gasteiger partial charge in [-0.25, -0.2) is 4.39 Å². The van der Waals surface area contributed by atoms with E-state index in [9.17, 15) is 14.0 Å². The van der Waals surface area contributed by atoms with Crippen LogP contribution in [-0.4, -0.2) is 35.8 Å². The van der Waals surface area contributed by atoms with Crippen LogP contribution in [0.25, 0.3) is 0 Å². The fraction of sp³-hybridized carbons (Fsp3) is 0.429. The summed E-state index contributed by atoms with van der Waals surface area (Å²) in [5, 5.41) is 2.68. The second kappa shape index (κ2) is 9.31. The lowest BCUT2D eigenvalue weighted by Crippen LogP contribution is -2.46. The molecule has 0 saturated heterocycles. The summed E-state index contributed by atoms with van der Waals surface area (Å²) in [6.45, 7) is 4.06. The number of nitrogens with two attached hydrogens (primary N) is 1. The fourth-order valence-corrected chi connectivity index (χ4v) is 1.67. The predicted molar refractivity (Wildman–Crippen MR) is 81.4 cm³/mol. The molecule has 1 atom stereocenters. The minimum atomic E-state index is -0.625. The Morgan fingerprint density at radius 3 is 2.38 bits per heavy atom. The maximum Gasteiger partial charge on any atom is 0.239 e. The van der Waals surface area contributed by atoms with Gasteiger partial charge in [0.05, 0.1) is 12.6 Å². The molecular formula is C14H21ClFN3O2. The Morgan fingerprint density at radius 2 is 1.90 bits per heavy atom. The van der Waals surface area contributed by atoms with Gasteiger partial charge in [-0.15, -0.1) is 12.4 Å². The summed E-state index contributed by atoms with van der Waals surface area (Å²) < 4.78 is 12.7. The standard InChI is InChI=1S/C14H20FN3O2.ClH/c1-3-18(14(20)10(2)16)9-13(19)17-8-11-4-6-12(15)7-5-11;/h4-7,10H,3,8-9,16H2,1-2H3,(H,17,19);1H/t10-;/m1./s1. The van der Waals surface area contributed by atoms with Crippen LogP contribution in [0, 0.1) is 5.82 Å². The predicted octanol–water partition coefficient (Wildman–Crippen LogP) is 1.06. The molecule has 7 heteroatoms. The molecule has 0 bridgehead atoms. The summed E-state index contributed by atoms with van der Waals surface area (Å²) in [5.41, 5.74) is 6.30. The Kier molecular flexibility index (Phi) is 8.57. The first-order chi connectivity index (χ1) is 9.43. The molecule has 0 fully saturated rings. The van der Waals surface area contributed by atoms with Gasteiger partial charge in [-0.1, -0.05) is 12.1 Å². The molecular weight excluding hydrogens is 297 g/mol. The van der Waals surface area contributed by atoms with Crippen LogP contribution in [0.2, 0.25) is 0 Å². The summed E-state index contributed by atoms with van der Waals surface area (Å²) in [6, 6.07) is 5.24. The second-order valence-corrected chi connectivity index (χ2v) is 4.54. The lowest BCUT2D eigenvalue weighted by Gasteiger charge is -2.22. The molecule has 0 aliphatic rings. The van der Waals surface area contributed by atoms with E-state index in [2.05, 4.69) is 5.32 Å². The Labute approximate surface area is 130 Å². The second-order valence-electron chi connectivity index (χ2n) is 4.54. The first-order valence-corrected chi connectivity index (χ1v) is 6.49. The molecule has 0 radical (unpaired) electrons. The number of amides is 2. The van der Waals surface area contributed by atoms with Gasteiger partial charge in [-0.3, -0.25) is 9.59 Å². The number of nitrogens with zero attached hydrogens (tertiary/aromatic N) is 1. The third-order valence-electron chi connectivity index (χ3n) is 2.82. The van der Waals surface area contributed by atoms with Crippen LogP contribution in [0.3, 0.4) is 0 Å². The van der Waals surface area contributed by atoms with E-state index in [4.69, 9.17) is 5.73 Å². The maximum absolute atomic E-state index is 12.7. The van der Waals surface area contributed by atoms with Crippen molar-refractivity contribution in [1.82, 2.24) is 10.2 Å². The first kappa shape index (κ1) is 19.3. The molecule has 3 N–H and O–H groups in total. The largest absolute Gasteiger partial charge is 0.350 e. The number of nitrogens with one attached hydrogen (secondary N) is 1. The zero-order valence-electron chi connectivity index (χ0n) is 12.1. The normalized spacial score (nSPS) is 11.2. The molecule has 1 aromatic rings. The van der Waals surface area contributed by atoms with Gasteiger partial charge < -0.3 is 16.0 Å². The molecule has 0 aliphatic carbocycles. The van der Waals surface area contributed by atoms with Crippen LogP contribution in [0.15, 0.2) is 24.3 Å². The van der Waals surface area contributed by atoms with Crippen molar-refractivity contribution in [2.24, 2.45) is 5.73 Å². The molecule has 0 aliphatic heterocycles. The maximum atomic E-state index is 12.7. The van der Waals surface area contributed by atoms with E-state index in [1.54, 1.807) is 26.0 Å². The van der Waals surface area contributed by atoms with Gasteiger partial charge in [-0.2, -0.15) is 0 Å². The van der Waals surface area contributed by atoms with Gasteiger partial charge in [0.2, 0.25) is 11.8 Å². The molecule has 0 heterocycles. The average molecular weight is 318 g/mol. The van der Waals surface area contributed by atoms with Gasteiger partial charge in [-0.05, 0) is 31.5 Å². The van der Waals surface area contributed by atoms with Crippen LogP contribution in [0.1, 0.15) is 19.4 Å². The van der Waals surface area contributed by atoms with E-state index in [0.29, 0.717) is 13.1 Å². The summed E-state index contributed by atoms with van der Waals surface area (Å²) in [5.74, 6) is -0.852. The van der Waals surface area contributed by atoms with Crippen molar-refractivity contribution in [1.29, 1.82) is 0 Å². The molecule has 5 nitrogen and oxygen atoms in total. The first-order valence-electron chi connectivity index (χ1n) is 6.49. The Morgan fingerprint density at radius 1 is 1.33 bits per heavy atom. The number of halogens is 2. The van der Waals surface area contributed by atoms with Gasteiger partial charge in [0, 0.05) is 13.1 Å². The molecule has 1 rings (SSSR count). The van der Waals surface area contributed by atoms with E-state index in [0.717, 1.165) is 5.56 Å². The van der Waals surface area contributed by atoms with Crippen molar-refractivity contribution in [2.45, 2.75) is 26.4 Å². The van der Waals surface area contributed by atoms with E-state index in [1.165, 1.54) is 17.0 Å². The Hall–Kier alpha value is -1.66. The number of rotatable bonds is 6. The lowest BCUT2D eigenvalue weighted by atomic mass is 10.2. The summed E-state index contributed by atoms with van der Waals surface area (Å²) >= 11 is 0. The zero-order chi connectivity index (χ0) is 15.1. The number of likely N-dealkylation sites (N-methyl/N-ethyl adjacent to an activating group) is 1. The zero-order valence-corrected chi connectivity index (χ0v) is 13.0. The van der Waals surface area contributed by atoms with E-state index in [-0.39, 0.29) is 36.6 Å². The van der Waals surface area contributed by atoms with Crippen LogP contribution < -0.4 is 11.1 Å². The SMILES string of the molecule is CCN(CC(=O)NCc1ccc(F)cc1)C(=O)[C@@H](C)N.Cl. The van der Waals surface area contributed by atoms with Crippen molar-refractivity contribution in [3.05, 3.63) is 35.6 Å². The van der Waals surface area contributed by atoms with Crippen LogP contribution in [0.5, 0.6) is 0 Å². The van der Waals surface area contributed by atoms with E-state index in [1.807, 2.05) is 0 Å². The molecule has 21 heavy (non-hydrogen) atoms. The smallest absolute Gasteiger partial charge is 0.239 e. The lowest BCUT2D eigenvalue weighted by molar-refractivity contribution is -0.136. The fourth-order valence-electron chi connectivity index (χ4n) is 1.67. The summed E-state index contributed by atoms with van der Waals surface area (Å²) in [6.07, 6.45) is 0.